The van der Waals surface area contributed by atoms with Crippen molar-refractivity contribution in [2.24, 2.45) is 0 Å². The van der Waals surface area contributed by atoms with Crippen LogP contribution in [-0.2, 0) is 6.54 Å². The number of hydrogen-bond acceptors (Lipinski definition) is 5. The number of ether oxygens (including phenoxy) is 1. The fraction of sp³-hybridized carbons (Fsp3) is 0.105. The summed E-state index contributed by atoms with van der Waals surface area (Å²) in [5.74, 6) is 0.198. The molecule has 6 heteroatoms. The number of thiazole rings is 1. The predicted octanol–water partition coefficient (Wildman–Crippen LogP) is 3.61. The fourth-order valence-electron chi connectivity index (χ4n) is 2.88. The molecule has 0 N–H and O–H groups in total. The van der Waals surface area contributed by atoms with E-state index in [-0.39, 0.29) is 18.4 Å². The molecule has 25 heavy (non-hydrogen) atoms. The minimum Gasteiger partial charge on any atom is -0.496 e. The summed E-state index contributed by atoms with van der Waals surface area (Å²) in [6, 6.07) is 14.5. The molecule has 2 aromatic carbocycles. The van der Waals surface area contributed by atoms with Gasteiger partial charge in [-0.25, -0.2) is 4.98 Å². The van der Waals surface area contributed by atoms with E-state index >= 15 is 0 Å². The van der Waals surface area contributed by atoms with Crippen LogP contribution in [0.3, 0.4) is 0 Å². The first-order valence-corrected chi connectivity index (χ1v) is 8.60. The van der Waals surface area contributed by atoms with Crippen molar-refractivity contribution in [1.82, 2.24) is 9.88 Å². The van der Waals surface area contributed by atoms with Gasteiger partial charge in [-0.05, 0) is 24.3 Å². The van der Waals surface area contributed by atoms with E-state index in [1.807, 2.05) is 29.6 Å². The van der Waals surface area contributed by atoms with Gasteiger partial charge >= 0.3 is 0 Å². The number of nitrogens with zero attached hydrogens (tertiary/aromatic N) is 2. The normalized spacial score (nSPS) is 13.2. The van der Waals surface area contributed by atoms with E-state index in [1.54, 1.807) is 31.4 Å². The van der Waals surface area contributed by atoms with Crippen LogP contribution >= 0.6 is 11.3 Å². The second kappa shape index (κ2) is 6.14. The monoisotopic (exact) mass is 350 g/mol. The number of carbonyl (C=O) groups excluding carboxylic acids is 2. The number of methoxy groups -OCH3 is 1. The molecule has 0 aliphatic carbocycles. The molecule has 0 bridgehead atoms. The van der Waals surface area contributed by atoms with Gasteiger partial charge in [0.05, 0.1) is 30.5 Å². The van der Waals surface area contributed by atoms with Crippen molar-refractivity contribution in [2.75, 3.05) is 7.11 Å². The lowest BCUT2D eigenvalue weighted by molar-refractivity contribution is 0.0642. The lowest BCUT2D eigenvalue weighted by Crippen LogP contribution is -2.29. The van der Waals surface area contributed by atoms with Gasteiger partial charge in [0.2, 0.25) is 0 Å². The first-order chi connectivity index (χ1) is 12.2. The largest absolute Gasteiger partial charge is 0.496 e. The van der Waals surface area contributed by atoms with Crippen molar-refractivity contribution >= 4 is 23.2 Å². The number of fused-ring (bicyclic) bond motifs is 1. The number of carbonyl (C=O) groups is 2. The second-order valence-electron chi connectivity index (χ2n) is 5.57. The second-order valence-corrected chi connectivity index (χ2v) is 6.51. The Balaban J connectivity index is 1.61. The first kappa shape index (κ1) is 15.5. The molecule has 124 valence electrons. The third-order valence-corrected chi connectivity index (χ3v) is 4.94. The number of imide groups is 1. The first-order valence-electron chi connectivity index (χ1n) is 7.72. The van der Waals surface area contributed by atoms with Gasteiger partial charge < -0.3 is 4.74 Å². The molecular formula is C19H14N2O3S. The van der Waals surface area contributed by atoms with Crippen LogP contribution < -0.4 is 4.74 Å². The molecule has 0 saturated heterocycles. The molecular weight excluding hydrogens is 336 g/mol. The average Bonchev–Trinajstić information content (AvgIpc) is 3.21. The van der Waals surface area contributed by atoms with Gasteiger partial charge in [-0.15, -0.1) is 11.3 Å². The van der Waals surface area contributed by atoms with E-state index in [1.165, 1.54) is 16.2 Å². The van der Waals surface area contributed by atoms with Crippen molar-refractivity contribution < 1.29 is 14.3 Å². The Bertz CT molecular complexity index is 945. The highest BCUT2D eigenvalue weighted by molar-refractivity contribution is 7.10. The molecule has 3 aromatic rings. The van der Waals surface area contributed by atoms with Crippen molar-refractivity contribution in [3.8, 4) is 17.0 Å². The van der Waals surface area contributed by atoms with Crippen LogP contribution in [0.5, 0.6) is 5.75 Å². The number of hydrogen-bond donors (Lipinski definition) is 0. The summed E-state index contributed by atoms with van der Waals surface area (Å²) in [4.78, 5) is 30.7. The van der Waals surface area contributed by atoms with Crippen LogP contribution in [0.15, 0.2) is 53.9 Å². The number of amides is 2. The van der Waals surface area contributed by atoms with Gasteiger partial charge in [-0.2, -0.15) is 0 Å². The Morgan fingerprint density at radius 2 is 1.56 bits per heavy atom. The summed E-state index contributed by atoms with van der Waals surface area (Å²) < 4.78 is 5.36. The standard InChI is InChI=1S/C19H14N2O3S/c1-24-16-9-5-4-8-14(16)15-11-25-17(20-15)10-21-18(22)12-6-2-3-7-13(12)19(21)23/h2-9,11H,10H2,1H3. The van der Waals surface area contributed by atoms with E-state index < -0.39 is 0 Å². The highest BCUT2D eigenvalue weighted by atomic mass is 32.1. The molecule has 1 aliphatic heterocycles. The van der Waals surface area contributed by atoms with E-state index in [9.17, 15) is 9.59 Å². The maximum absolute atomic E-state index is 12.5. The van der Waals surface area contributed by atoms with Crippen LogP contribution in [0.25, 0.3) is 11.3 Å². The molecule has 1 aromatic heterocycles. The van der Waals surface area contributed by atoms with Crippen LogP contribution in [0, 0.1) is 0 Å². The molecule has 2 amide bonds. The molecule has 2 heterocycles. The van der Waals surface area contributed by atoms with Gasteiger partial charge in [-0.3, -0.25) is 14.5 Å². The Hall–Kier alpha value is -2.99. The number of rotatable bonds is 4. The molecule has 1 aliphatic rings. The van der Waals surface area contributed by atoms with Crippen molar-refractivity contribution in [2.45, 2.75) is 6.54 Å². The molecule has 0 atom stereocenters. The van der Waals surface area contributed by atoms with Gasteiger partial charge in [0, 0.05) is 10.9 Å². The summed E-state index contributed by atoms with van der Waals surface area (Å²) >= 11 is 1.42. The minimum absolute atomic E-state index is 0.173. The number of aromatic nitrogens is 1. The van der Waals surface area contributed by atoms with Gasteiger partial charge in [0.1, 0.15) is 10.8 Å². The summed E-state index contributed by atoms with van der Waals surface area (Å²) in [5.41, 5.74) is 2.56. The Morgan fingerprint density at radius 1 is 0.960 bits per heavy atom. The zero-order valence-electron chi connectivity index (χ0n) is 13.4. The van der Waals surface area contributed by atoms with Gasteiger partial charge in [0.15, 0.2) is 0 Å². The van der Waals surface area contributed by atoms with E-state index in [4.69, 9.17) is 4.74 Å². The average molecular weight is 350 g/mol. The summed E-state index contributed by atoms with van der Waals surface area (Å²) in [7, 11) is 1.62. The predicted molar refractivity (Wildman–Crippen MR) is 94.7 cm³/mol. The zero-order valence-corrected chi connectivity index (χ0v) is 14.2. The minimum atomic E-state index is -0.269. The van der Waals surface area contributed by atoms with Crippen molar-refractivity contribution in [1.29, 1.82) is 0 Å². The van der Waals surface area contributed by atoms with Crippen LogP contribution in [-0.4, -0.2) is 28.8 Å². The summed E-state index contributed by atoms with van der Waals surface area (Å²) in [5, 5.41) is 2.61. The molecule has 4 rings (SSSR count). The third kappa shape index (κ3) is 2.60. The Labute approximate surface area is 148 Å². The quantitative estimate of drug-likeness (QED) is 0.675. The summed E-state index contributed by atoms with van der Waals surface area (Å²) in [6.45, 7) is 0.173. The Kier molecular flexibility index (Phi) is 3.82. The maximum atomic E-state index is 12.5. The smallest absolute Gasteiger partial charge is 0.261 e. The fourth-order valence-corrected chi connectivity index (χ4v) is 3.66. The highest BCUT2D eigenvalue weighted by Crippen LogP contribution is 2.31. The third-order valence-electron chi connectivity index (χ3n) is 4.11. The SMILES string of the molecule is COc1ccccc1-c1csc(CN2C(=O)c3ccccc3C2=O)n1. The number of para-hydroxylation sites is 1. The van der Waals surface area contributed by atoms with Crippen molar-refractivity contribution in [3.63, 3.8) is 0 Å². The van der Waals surface area contributed by atoms with Gasteiger partial charge in [-0.1, -0.05) is 24.3 Å². The van der Waals surface area contributed by atoms with Crippen LogP contribution in [0.4, 0.5) is 0 Å². The van der Waals surface area contributed by atoms with Gasteiger partial charge in [0.25, 0.3) is 11.8 Å². The van der Waals surface area contributed by atoms with E-state index in [0.29, 0.717) is 16.1 Å². The molecule has 0 fully saturated rings. The van der Waals surface area contributed by atoms with Crippen LogP contribution in [0.1, 0.15) is 25.7 Å². The van der Waals surface area contributed by atoms with E-state index in [2.05, 4.69) is 4.98 Å². The zero-order chi connectivity index (χ0) is 17.4. The molecule has 0 unspecified atom stereocenters. The molecule has 0 saturated carbocycles. The summed E-state index contributed by atoms with van der Waals surface area (Å²) in [6.07, 6.45) is 0. The lowest BCUT2D eigenvalue weighted by atomic mass is 10.1. The Morgan fingerprint density at radius 3 is 2.20 bits per heavy atom. The van der Waals surface area contributed by atoms with Crippen LogP contribution in [0.2, 0.25) is 0 Å². The highest BCUT2D eigenvalue weighted by Gasteiger charge is 2.35. The molecule has 0 radical (unpaired) electrons. The van der Waals surface area contributed by atoms with Crippen molar-refractivity contribution in [3.05, 3.63) is 70.0 Å². The maximum Gasteiger partial charge on any atom is 0.261 e. The molecule has 0 spiro atoms. The topological polar surface area (TPSA) is 59.5 Å². The lowest BCUT2D eigenvalue weighted by Gasteiger charge is -2.11. The molecule has 5 nitrogen and oxygen atoms in total. The number of benzene rings is 2. The van der Waals surface area contributed by atoms with E-state index in [0.717, 1.165) is 17.0 Å².